The summed E-state index contributed by atoms with van der Waals surface area (Å²) in [7, 11) is 0. The standard InChI is InChI=1S/C16H23N5O/c1-6-21-12(5)13(11(4)20-21)9-18-16(22)14-7-8-17-15(19-14)10(2)3/h7-8,10H,6,9H2,1-5H3,(H,18,22). The van der Waals surface area contributed by atoms with Crippen LogP contribution < -0.4 is 5.32 Å². The molecule has 0 atom stereocenters. The zero-order valence-electron chi connectivity index (χ0n) is 13.8. The van der Waals surface area contributed by atoms with Crippen LogP contribution in [0.1, 0.15) is 60.0 Å². The number of rotatable bonds is 5. The summed E-state index contributed by atoms with van der Waals surface area (Å²) < 4.78 is 1.94. The van der Waals surface area contributed by atoms with Crippen LogP contribution in [-0.4, -0.2) is 25.7 Å². The van der Waals surface area contributed by atoms with Crippen LogP contribution in [0.15, 0.2) is 12.3 Å². The molecule has 0 fully saturated rings. The van der Waals surface area contributed by atoms with Crippen LogP contribution in [0.5, 0.6) is 0 Å². The van der Waals surface area contributed by atoms with E-state index in [0.29, 0.717) is 18.1 Å². The van der Waals surface area contributed by atoms with Gasteiger partial charge in [0.05, 0.1) is 5.69 Å². The van der Waals surface area contributed by atoms with Gasteiger partial charge in [-0.3, -0.25) is 9.48 Å². The second-order valence-corrected chi connectivity index (χ2v) is 5.60. The Balaban J connectivity index is 2.10. The third-order valence-electron chi connectivity index (χ3n) is 3.68. The molecule has 0 aliphatic carbocycles. The van der Waals surface area contributed by atoms with Gasteiger partial charge in [-0.05, 0) is 26.8 Å². The van der Waals surface area contributed by atoms with E-state index in [1.54, 1.807) is 12.3 Å². The van der Waals surface area contributed by atoms with E-state index < -0.39 is 0 Å². The molecule has 0 bridgehead atoms. The van der Waals surface area contributed by atoms with E-state index >= 15 is 0 Å². The Labute approximate surface area is 131 Å². The highest BCUT2D eigenvalue weighted by Gasteiger charge is 2.14. The van der Waals surface area contributed by atoms with Crippen molar-refractivity contribution in [2.45, 2.75) is 53.6 Å². The van der Waals surface area contributed by atoms with Crippen molar-refractivity contribution in [1.29, 1.82) is 0 Å². The van der Waals surface area contributed by atoms with Gasteiger partial charge in [0, 0.05) is 36.5 Å². The molecule has 0 unspecified atom stereocenters. The molecule has 0 saturated carbocycles. The van der Waals surface area contributed by atoms with Gasteiger partial charge in [0.2, 0.25) is 0 Å². The fourth-order valence-electron chi connectivity index (χ4n) is 2.34. The smallest absolute Gasteiger partial charge is 0.270 e. The van der Waals surface area contributed by atoms with Crippen molar-refractivity contribution >= 4 is 5.91 Å². The zero-order valence-corrected chi connectivity index (χ0v) is 13.8. The number of nitrogens with zero attached hydrogens (tertiary/aromatic N) is 4. The molecular formula is C16H23N5O. The van der Waals surface area contributed by atoms with Gasteiger partial charge < -0.3 is 5.32 Å². The molecule has 0 saturated heterocycles. The topological polar surface area (TPSA) is 72.7 Å². The van der Waals surface area contributed by atoms with Gasteiger partial charge in [-0.25, -0.2) is 9.97 Å². The Kier molecular flexibility index (Phi) is 4.90. The lowest BCUT2D eigenvalue weighted by Crippen LogP contribution is -2.25. The van der Waals surface area contributed by atoms with Crippen molar-refractivity contribution in [2.24, 2.45) is 0 Å². The van der Waals surface area contributed by atoms with Crippen LogP contribution in [0.4, 0.5) is 0 Å². The third kappa shape index (κ3) is 3.32. The first-order valence-corrected chi connectivity index (χ1v) is 7.58. The molecule has 2 aromatic heterocycles. The number of hydrogen-bond acceptors (Lipinski definition) is 4. The average Bonchev–Trinajstić information content (AvgIpc) is 2.79. The Morgan fingerprint density at radius 2 is 2.09 bits per heavy atom. The molecule has 2 heterocycles. The predicted octanol–water partition coefficient (Wildman–Crippen LogP) is 2.36. The molecule has 1 amide bonds. The van der Waals surface area contributed by atoms with Gasteiger partial charge in [0.1, 0.15) is 11.5 Å². The summed E-state index contributed by atoms with van der Waals surface area (Å²) in [5, 5.41) is 7.37. The van der Waals surface area contributed by atoms with Crippen LogP contribution in [0.2, 0.25) is 0 Å². The van der Waals surface area contributed by atoms with Crippen LogP contribution >= 0.6 is 0 Å². The maximum Gasteiger partial charge on any atom is 0.270 e. The Morgan fingerprint density at radius 3 is 2.68 bits per heavy atom. The normalized spacial score (nSPS) is 11.0. The fourth-order valence-corrected chi connectivity index (χ4v) is 2.34. The van der Waals surface area contributed by atoms with E-state index in [0.717, 1.165) is 23.5 Å². The van der Waals surface area contributed by atoms with Crippen molar-refractivity contribution < 1.29 is 4.79 Å². The van der Waals surface area contributed by atoms with Crippen LogP contribution in [0.3, 0.4) is 0 Å². The molecule has 22 heavy (non-hydrogen) atoms. The number of aryl methyl sites for hydroxylation is 2. The molecule has 0 aliphatic rings. The second-order valence-electron chi connectivity index (χ2n) is 5.60. The largest absolute Gasteiger partial charge is 0.346 e. The molecule has 0 radical (unpaired) electrons. The predicted molar refractivity (Wildman–Crippen MR) is 84.7 cm³/mol. The SMILES string of the molecule is CCn1nc(C)c(CNC(=O)c2ccnc(C(C)C)n2)c1C. The minimum Gasteiger partial charge on any atom is -0.346 e. The summed E-state index contributed by atoms with van der Waals surface area (Å²) in [6, 6.07) is 1.64. The molecule has 118 valence electrons. The lowest BCUT2D eigenvalue weighted by Gasteiger charge is -2.08. The minimum atomic E-state index is -0.188. The third-order valence-corrected chi connectivity index (χ3v) is 3.68. The van der Waals surface area contributed by atoms with Gasteiger partial charge in [0.15, 0.2) is 0 Å². The van der Waals surface area contributed by atoms with Crippen LogP contribution in [0, 0.1) is 13.8 Å². The number of carbonyl (C=O) groups is 1. The summed E-state index contributed by atoms with van der Waals surface area (Å²) in [5.74, 6) is 0.686. The van der Waals surface area contributed by atoms with E-state index in [1.165, 1.54) is 0 Å². The van der Waals surface area contributed by atoms with Crippen molar-refractivity contribution in [3.8, 4) is 0 Å². The highest BCUT2D eigenvalue weighted by molar-refractivity contribution is 5.92. The molecule has 1 N–H and O–H groups in total. The van der Waals surface area contributed by atoms with Crippen molar-refractivity contribution in [1.82, 2.24) is 25.1 Å². The van der Waals surface area contributed by atoms with Gasteiger partial charge in [-0.15, -0.1) is 0 Å². The average molecular weight is 301 g/mol. The lowest BCUT2D eigenvalue weighted by molar-refractivity contribution is 0.0945. The highest BCUT2D eigenvalue weighted by Crippen LogP contribution is 2.13. The van der Waals surface area contributed by atoms with Gasteiger partial charge in [-0.1, -0.05) is 13.8 Å². The van der Waals surface area contributed by atoms with Crippen LogP contribution in [-0.2, 0) is 13.1 Å². The summed E-state index contributed by atoms with van der Waals surface area (Å²) in [4.78, 5) is 20.7. The van der Waals surface area contributed by atoms with Crippen molar-refractivity contribution in [3.05, 3.63) is 40.7 Å². The van der Waals surface area contributed by atoms with E-state index in [4.69, 9.17) is 0 Å². The highest BCUT2D eigenvalue weighted by atomic mass is 16.1. The molecular weight excluding hydrogens is 278 g/mol. The monoisotopic (exact) mass is 301 g/mol. The van der Waals surface area contributed by atoms with Gasteiger partial charge in [0.25, 0.3) is 5.91 Å². The Morgan fingerprint density at radius 1 is 1.36 bits per heavy atom. The van der Waals surface area contributed by atoms with Crippen LogP contribution in [0.25, 0.3) is 0 Å². The van der Waals surface area contributed by atoms with E-state index in [1.807, 2.05) is 32.4 Å². The maximum atomic E-state index is 12.3. The van der Waals surface area contributed by atoms with E-state index in [9.17, 15) is 4.79 Å². The first kappa shape index (κ1) is 16.1. The first-order valence-electron chi connectivity index (χ1n) is 7.58. The maximum absolute atomic E-state index is 12.3. The van der Waals surface area contributed by atoms with E-state index in [2.05, 4.69) is 27.3 Å². The minimum absolute atomic E-state index is 0.188. The number of carbonyl (C=O) groups excluding carboxylic acids is 1. The lowest BCUT2D eigenvalue weighted by atomic mass is 10.2. The molecule has 2 rings (SSSR count). The Hall–Kier alpha value is -2.24. The first-order chi connectivity index (χ1) is 10.4. The quantitative estimate of drug-likeness (QED) is 0.920. The van der Waals surface area contributed by atoms with Gasteiger partial charge in [-0.2, -0.15) is 5.10 Å². The fraction of sp³-hybridized carbons (Fsp3) is 0.500. The number of hydrogen-bond donors (Lipinski definition) is 1. The molecule has 2 aromatic rings. The summed E-state index contributed by atoms with van der Waals surface area (Å²) >= 11 is 0. The Bertz CT molecular complexity index is 675. The zero-order chi connectivity index (χ0) is 16.3. The summed E-state index contributed by atoms with van der Waals surface area (Å²) in [5.41, 5.74) is 3.50. The molecule has 0 aromatic carbocycles. The molecule has 0 spiro atoms. The van der Waals surface area contributed by atoms with Crippen molar-refractivity contribution in [3.63, 3.8) is 0 Å². The molecule has 6 heteroatoms. The molecule has 6 nitrogen and oxygen atoms in total. The number of amides is 1. The number of aromatic nitrogens is 4. The van der Waals surface area contributed by atoms with Gasteiger partial charge >= 0.3 is 0 Å². The summed E-state index contributed by atoms with van der Waals surface area (Å²) in [6.45, 7) is 11.3. The summed E-state index contributed by atoms with van der Waals surface area (Å²) in [6.07, 6.45) is 1.63. The van der Waals surface area contributed by atoms with Crippen molar-refractivity contribution in [2.75, 3.05) is 0 Å². The molecule has 0 aliphatic heterocycles. The second kappa shape index (κ2) is 6.68. The number of nitrogens with one attached hydrogen (secondary N) is 1. The van der Waals surface area contributed by atoms with E-state index in [-0.39, 0.29) is 11.8 Å².